The van der Waals surface area contributed by atoms with Gasteiger partial charge in [-0.1, -0.05) is 34.6 Å². The topological polar surface area (TPSA) is 0 Å². The van der Waals surface area contributed by atoms with Crippen LogP contribution < -0.4 is 0 Å². The minimum absolute atomic E-state index is 0.833. The van der Waals surface area contributed by atoms with Crippen LogP contribution in [0.15, 0.2) is 5.38 Å². The van der Waals surface area contributed by atoms with E-state index in [0.29, 0.717) is 0 Å². The summed E-state index contributed by atoms with van der Waals surface area (Å²) in [5, 5.41) is 2.34. The van der Waals surface area contributed by atoms with Gasteiger partial charge in [0.1, 0.15) is 0 Å². The van der Waals surface area contributed by atoms with Crippen molar-refractivity contribution >= 4 is 11.3 Å². The van der Waals surface area contributed by atoms with E-state index >= 15 is 0 Å². The van der Waals surface area contributed by atoms with E-state index in [1.807, 2.05) is 25.2 Å². The third kappa shape index (κ3) is 5.69. The molecular weight excluding hydrogens is 212 g/mol. The lowest BCUT2D eigenvalue weighted by Gasteiger charge is -2.10. The summed E-state index contributed by atoms with van der Waals surface area (Å²) in [5.41, 5.74) is 3.30. The first-order valence-corrected chi connectivity index (χ1v) is 7.55. The fraction of sp³-hybridized carbons (Fsp3) is 0.733. The van der Waals surface area contributed by atoms with E-state index in [9.17, 15) is 0 Å². The number of thiophene rings is 1. The zero-order chi connectivity index (χ0) is 12.6. The van der Waals surface area contributed by atoms with Gasteiger partial charge in [0.25, 0.3) is 0 Å². The number of rotatable bonds is 0. The van der Waals surface area contributed by atoms with E-state index in [-0.39, 0.29) is 0 Å². The average Bonchev–Trinajstić information content (AvgIpc) is 2.64. The van der Waals surface area contributed by atoms with Crippen molar-refractivity contribution in [3.63, 3.8) is 0 Å². The van der Waals surface area contributed by atoms with Gasteiger partial charge in [0.15, 0.2) is 0 Å². The number of hydrogen-bond donors (Lipinski definition) is 0. The van der Waals surface area contributed by atoms with Gasteiger partial charge in [-0.05, 0) is 55.0 Å². The van der Waals surface area contributed by atoms with E-state index in [2.05, 4.69) is 33.1 Å². The highest BCUT2D eigenvalue weighted by atomic mass is 32.1. The smallest absolute Gasteiger partial charge is 0.00490 e. The van der Waals surface area contributed by atoms with Crippen LogP contribution in [0.5, 0.6) is 0 Å². The second-order valence-electron chi connectivity index (χ2n) is 4.73. The van der Waals surface area contributed by atoms with Gasteiger partial charge >= 0.3 is 0 Å². The molecule has 0 fully saturated rings. The first-order chi connectivity index (χ1) is 7.61. The second kappa shape index (κ2) is 8.81. The lowest BCUT2D eigenvalue weighted by atomic mass is 9.94. The van der Waals surface area contributed by atoms with E-state index in [1.165, 1.54) is 25.7 Å². The molecule has 0 saturated carbocycles. The van der Waals surface area contributed by atoms with Gasteiger partial charge in [-0.25, -0.2) is 0 Å². The molecule has 1 heterocycles. The van der Waals surface area contributed by atoms with Gasteiger partial charge < -0.3 is 0 Å². The molecule has 0 aromatic carbocycles. The molecule has 1 aromatic rings. The number of aryl methyl sites for hydroxylation is 2. The Labute approximate surface area is 106 Å². The zero-order valence-corrected chi connectivity index (χ0v) is 12.7. The molecule has 94 valence electrons. The summed E-state index contributed by atoms with van der Waals surface area (Å²) in [5.74, 6) is 0.833. The average molecular weight is 240 g/mol. The fourth-order valence-corrected chi connectivity index (χ4v) is 2.65. The molecule has 0 saturated heterocycles. The molecule has 1 heteroatoms. The Morgan fingerprint density at radius 1 is 1.06 bits per heavy atom. The molecule has 0 aliphatic heterocycles. The van der Waals surface area contributed by atoms with Crippen LogP contribution in [0, 0.1) is 12.8 Å². The molecular formula is C15H28S. The maximum absolute atomic E-state index is 2.34. The Hall–Kier alpha value is -0.300. The SMILES string of the molecule is CC.CC(C)C.Cc1scc2c1CCCC2. The van der Waals surface area contributed by atoms with Crippen molar-refractivity contribution in [3.05, 3.63) is 21.4 Å². The summed E-state index contributed by atoms with van der Waals surface area (Å²) in [6.07, 6.45) is 5.48. The van der Waals surface area contributed by atoms with Crippen LogP contribution in [0.4, 0.5) is 0 Å². The highest BCUT2D eigenvalue weighted by molar-refractivity contribution is 7.10. The molecule has 1 aromatic heterocycles. The van der Waals surface area contributed by atoms with Crippen molar-refractivity contribution in [2.24, 2.45) is 5.92 Å². The molecule has 0 atom stereocenters. The van der Waals surface area contributed by atoms with Crippen LogP contribution in [-0.4, -0.2) is 0 Å². The van der Waals surface area contributed by atoms with Crippen molar-refractivity contribution < 1.29 is 0 Å². The minimum Gasteiger partial charge on any atom is -0.149 e. The molecule has 1 aliphatic rings. The molecule has 0 nitrogen and oxygen atoms in total. The summed E-state index contributed by atoms with van der Waals surface area (Å²) in [4.78, 5) is 1.55. The second-order valence-corrected chi connectivity index (χ2v) is 5.82. The van der Waals surface area contributed by atoms with Gasteiger partial charge in [0.2, 0.25) is 0 Å². The quantitative estimate of drug-likeness (QED) is 0.552. The Morgan fingerprint density at radius 2 is 1.56 bits per heavy atom. The molecule has 0 amide bonds. The first-order valence-electron chi connectivity index (χ1n) is 6.67. The van der Waals surface area contributed by atoms with E-state index in [4.69, 9.17) is 0 Å². The Bertz CT molecular complexity index is 268. The molecule has 0 radical (unpaired) electrons. The van der Waals surface area contributed by atoms with Crippen LogP contribution in [0.2, 0.25) is 0 Å². The van der Waals surface area contributed by atoms with Crippen molar-refractivity contribution in [2.45, 2.75) is 67.2 Å². The number of fused-ring (bicyclic) bond motifs is 1. The standard InChI is InChI=1S/C9H12S.C4H10.C2H6/c1-7-9-5-3-2-4-8(9)6-10-7;1-4(2)3;1-2/h6H,2-5H2,1H3;4H,1-3H3;1-2H3. The van der Waals surface area contributed by atoms with Gasteiger partial charge in [-0.2, -0.15) is 0 Å². The van der Waals surface area contributed by atoms with E-state index < -0.39 is 0 Å². The van der Waals surface area contributed by atoms with Crippen LogP contribution in [0.25, 0.3) is 0 Å². The molecule has 0 bridgehead atoms. The lowest BCUT2D eigenvalue weighted by molar-refractivity contribution is 0.687. The van der Waals surface area contributed by atoms with Crippen molar-refractivity contribution in [1.82, 2.24) is 0 Å². The summed E-state index contributed by atoms with van der Waals surface area (Å²) in [6, 6.07) is 0. The zero-order valence-electron chi connectivity index (χ0n) is 11.9. The summed E-state index contributed by atoms with van der Waals surface area (Å²) >= 11 is 1.92. The van der Waals surface area contributed by atoms with Crippen LogP contribution in [0.1, 0.15) is 63.5 Å². The monoisotopic (exact) mass is 240 g/mol. The van der Waals surface area contributed by atoms with Crippen LogP contribution in [-0.2, 0) is 12.8 Å². The summed E-state index contributed by atoms with van der Waals surface area (Å²) in [7, 11) is 0. The third-order valence-corrected chi connectivity index (χ3v) is 3.32. The van der Waals surface area contributed by atoms with Gasteiger partial charge in [-0.3, -0.25) is 0 Å². The maximum Gasteiger partial charge on any atom is 0.00490 e. The van der Waals surface area contributed by atoms with Crippen LogP contribution >= 0.6 is 11.3 Å². The largest absolute Gasteiger partial charge is 0.149 e. The van der Waals surface area contributed by atoms with Gasteiger partial charge in [0, 0.05) is 4.88 Å². The third-order valence-electron chi connectivity index (χ3n) is 2.31. The molecule has 1 aliphatic carbocycles. The number of hydrogen-bond acceptors (Lipinski definition) is 1. The normalized spacial score (nSPS) is 13.2. The summed E-state index contributed by atoms with van der Waals surface area (Å²) in [6.45, 7) is 12.7. The molecule has 16 heavy (non-hydrogen) atoms. The van der Waals surface area contributed by atoms with Crippen molar-refractivity contribution in [3.8, 4) is 0 Å². The highest BCUT2D eigenvalue weighted by Crippen LogP contribution is 2.28. The predicted molar refractivity (Wildman–Crippen MR) is 77.6 cm³/mol. The summed E-state index contributed by atoms with van der Waals surface area (Å²) < 4.78 is 0. The maximum atomic E-state index is 2.34. The highest BCUT2D eigenvalue weighted by Gasteiger charge is 2.11. The predicted octanol–water partition coefficient (Wildman–Crippen LogP) is 5.62. The van der Waals surface area contributed by atoms with Gasteiger partial charge in [-0.15, -0.1) is 11.3 Å². The molecule has 2 rings (SSSR count). The van der Waals surface area contributed by atoms with Crippen molar-refractivity contribution in [2.75, 3.05) is 0 Å². The van der Waals surface area contributed by atoms with Gasteiger partial charge in [0.05, 0.1) is 0 Å². The fourth-order valence-electron chi connectivity index (χ4n) is 1.69. The lowest BCUT2D eigenvalue weighted by Crippen LogP contribution is -1.99. The Morgan fingerprint density at radius 3 is 2.06 bits per heavy atom. The van der Waals surface area contributed by atoms with E-state index in [0.717, 1.165) is 5.92 Å². The first kappa shape index (κ1) is 15.7. The molecule has 0 unspecified atom stereocenters. The molecule has 0 N–H and O–H groups in total. The Balaban J connectivity index is 0.000000323. The van der Waals surface area contributed by atoms with Crippen LogP contribution in [0.3, 0.4) is 0 Å². The minimum atomic E-state index is 0.833. The van der Waals surface area contributed by atoms with Crippen molar-refractivity contribution in [1.29, 1.82) is 0 Å². The van der Waals surface area contributed by atoms with E-state index in [1.54, 1.807) is 16.0 Å². The molecule has 0 spiro atoms. The Kier molecular flexibility index (Phi) is 8.64.